The smallest absolute Gasteiger partial charge is 0.253 e. The van der Waals surface area contributed by atoms with E-state index in [0.717, 1.165) is 47.5 Å². The third kappa shape index (κ3) is 6.41. The molecule has 2 saturated carbocycles. The highest BCUT2D eigenvalue weighted by atomic mass is 32.1. The molecule has 0 bridgehead atoms. The van der Waals surface area contributed by atoms with Crippen LogP contribution in [-0.4, -0.2) is 35.3 Å². The van der Waals surface area contributed by atoms with E-state index in [4.69, 9.17) is 11.5 Å². The van der Waals surface area contributed by atoms with Gasteiger partial charge in [-0.2, -0.15) is 0 Å². The molecule has 2 heterocycles. The lowest BCUT2D eigenvalue weighted by Gasteiger charge is -2.21. The van der Waals surface area contributed by atoms with E-state index in [-0.39, 0.29) is 61.7 Å². The standard InChI is InChI=1S/C13H14F2N2O2S.C13H14N2O3S.CH4/c14-13(15)4-3-7-8(5-13)20-12(9(7)10(16)18)17-11(19)6-1-2-6;14-11(17)10-8-4-3-7(16)5-9(8)19-13(10)15-12(18)6-1-2-6;/h6H,1-5H2,(H2,16,18)(H,17,19);6H,1-5H2,(H2,14,17)(H,15,18);1H4. The quantitative estimate of drug-likeness (QED) is 0.393. The number of ketones is 1. The van der Waals surface area contributed by atoms with Crippen molar-refractivity contribution in [3.63, 3.8) is 0 Å². The maximum Gasteiger partial charge on any atom is 0.253 e. The van der Waals surface area contributed by atoms with Gasteiger partial charge in [0.2, 0.25) is 11.8 Å². The van der Waals surface area contributed by atoms with Gasteiger partial charge in [-0.25, -0.2) is 8.78 Å². The molecule has 2 fully saturated rings. The molecule has 0 atom stereocenters. The van der Waals surface area contributed by atoms with Crippen LogP contribution in [0.25, 0.3) is 0 Å². The Balaban J connectivity index is 0.000000181. The summed E-state index contributed by atoms with van der Waals surface area (Å²) in [5.74, 6) is -3.92. The van der Waals surface area contributed by atoms with Crippen LogP contribution in [-0.2, 0) is 40.1 Å². The first-order valence-electron chi connectivity index (χ1n) is 12.8. The minimum atomic E-state index is -2.75. The largest absolute Gasteiger partial charge is 0.365 e. The minimum Gasteiger partial charge on any atom is -0.365 e. The summed E-state index contributed by atoms with van der Waals surface area (Å²) < 4.78 is 26.9. The summed E-state index contributed by atoms with van der Waals surface area (Å²) in [5.41, 5.74) is 12.8. The second-order valence-electron chi connectivity index (χ2n) is 10.4. The fraction of sp³-hybridized carbons (Fsp3) is 0.519. The summed E-state index contributed by atoms with van der Waals surface area (Å²) in [6, 6.07) is 0. The monoisotopic (exact) mass is 594 g/mol. The van der Waals surface area contributed by atoms with Gasteiger partial charge < -0.3 is 22.1 Å². The highest BCUT2D eigenvalue weighted by Crippen LogP contribution is 2.43. The fourth-order valence-electron chi connectivity index (χ4n) is 4.82. The van der Waals surface area contributed by atoms with Crippen molar-refractivity contribution in [2.45, 2.75) is 77.6 Å². The van der Waals surface area contributed by atoms with Crippen molar-refractivity contribution in [1.29, 1.82) is 0 Å². The summed E-state index contributed by atoms with van der Waals surface area (Å²) in [4.78, 5) is 59.5. The van der Waals surface area contributed by atoms with E-state index in [0.29, 0.717) is 45.3 Å². The van der Waals surface area contributed by atoms with Crippen LogP contribution in [0.15, 0.2) is 0 Å². The number of primary amides is 2. The zero-order chi connectivity index (χ0) is 28.1. The van der Waals surface area contributed by atoms with Crippen molar-refractivity contribution < 1.29 is 32.8 Å². The molecule has 9 nitrogen and oxygen atoms in total. The molecule has 4 aliphatic carbocycles. The Morgan fingerprint density at radius 3 is 1.73 bits per heavy atom. The number of thiophene rings is 2. The number of fused-ring (bicyclic) bond motifs is 2. The Bertz CT molecular complexity index is 1390. The summed E-state index contributed by atoms with van der Waals surface area (Å²) in [7, 11) is 0. The average Bonchev–Trinajstić information content (AvgIpc) is 3.76. The third-order valence-electron chi connectivity index (χ3n) is 7.22. The topological polar surface area (TPSA) is 161 Å². The molecule has 2 aromatic rings. The second kappa shape index (κ2) is 11.4. The van der Waals surface area contributed by atoms with E-state index in [1.165, 1.54) is 11.3 Å². The molecule has 0 aliphatic heterocycles. The van der Waals surface area contributed by atoms with Gasteiger partial charge in [-0.15, -0.1) is 22.7 Å². The van der Waals surface area contributed by atoms with Crippen LogP contribution >= 0.6 is 22.7 Å². The van der Waals surface area contributed by atoms with Crippen molar-refractivity contribution in [3.05, 3.63) is 32.0 Å². The average molecular weight is 595 g/mol. The highest BCUT2D eigenvalue weighted by molar-refractivity contribution is 7.17. The summed E-state index contributed by atoms with van der Waals surface area (Å²) in [6.45, 7) is 0. The van der Waals surface area contributed by atoms with Crippen LogP contribution < -0.4 is 22.1 Å². The maximum absolute atomic E-state index is 13.4. The molecule has 0 unspecified atom stereocenters. The number of rotatable bonds is 6. The molecule has 0 spiro atoms. The van der Waals surface area contributed by atoms with Crippen molar-refractivity contribution >= 4 is 62.1 Å². The normalized spacial score (nSPS) is 18.7. The number of carbonyl (C=O) groups is 5. The van der Waals surface area contributed by atoms with E-state index < -0.39 is 17.7 Å². The Morgan fingerprint density at radius 1 is 0.775 bits per heavy atom. The number of hydrogen-bond donors (Lipinski definition) is 4. The van der Waals surface area contributed by atoms with Gasteiger partial charge in [-0.05, 0) is 49.7 Å². The molecule has 6 N–H and O–H groups in total. The Kier molecular flexibility index (Phi) is 8.46. The second-order valence-corrected chi connectivity index (χ2v) is 12.6. The van der Waals surface area contributed by atoms with Crippen LogP contribution in [0.1, 0.15) is 87.5 Å². The summed E-state index contributed by atoms with van der Waals surface area (Å²) in [5, 5.41) is 6.31. The molecule has 40 heavy (non-hydrogen) atoms. The van der Waals surface area contributed by atoms with Crippen LogP contribution in [0.2, 0.25) is 0 Å². The molecule has 0 radical (unpaired) electrons. The van der Waals surface area contributed by atoms with Crippen LogP contribution in [0.3, 0.4) is 0 Å². The molecule has 4 amide bonds. The van der Waals surface area contributed by atoms with E-state index in [9.17, 15) is 32.8 Å². The van der Waals surface area contributed by atoms with Gasteiger partial charge in [0, 0.05) is 47.3 Å². The Labute approximate surface area is 238 Å². The predicted molar refractivity (Wildman–Crippen MR) is 149 cm³/mol. The Hall–Kier alpha value is -3.19. The van der Waals surface area contributed by atoms with Crippen molar-refractivity contribution in [1.82, 2.24) is 0 Å². The Morgan fingerprint density at radius 2 is 1.25 bits per heavy atom. The number of nitrogens with two attached hydrogens (primary N) is 2. The number of hydrogen-bond acceptors (Lipinski definition) is 7. The van der Waals surface area contributed by atoms with Gasteiger partial charge in [0.05, 0.1) is 11.1 Å². The van der Waals surface area contributed by atoms with Crippen molar-refractivity contribution in [2.75, 3.05) is 10.6 Å². The summed E-state index contributed by atoms with van der Waals surface area (Å²) in [6.07, 6.45) is 4.27. The molecule has 4 aliphatic rings. The highest BCUT2D eigenvalue weighted by Gasteiger charge is 2.39. The van der Waals surface area contributed by atoms with Gasteiger partial charge >= 0.3 is 0 Å². The molecule has 2 aromatic heterocycles. The van der Waals surface area contributed by atoms with E-state index in [1.54, 1.807) is 0 Å². The first-order chi connectivity index (χ1) is 18.4. The first-order valence-corrected chi connectivity index (χ1v) is 14.5. The number of carbonyl (C=O) groups excluding carboxylic acids is 5. The SMILES string of the molecule is C.NC(=O)c1c(NC(=O)C2CC2)sc2c1CCC(=O)C2.NC(=O)c1c(NC(=O)C2CC2)sc2c1CCC(F)(F)C2. The predicted octanol–water partition coefficient (Wildman–Crippen LogP) is 4.21. The number of alkyl halides is 2. The number of amides is 4. The van der Waals surface area contributed by atoms with Gasteiger partial charge in [0.15, 0.2) is 0 Å². The van der Waals surface area contributed by atoms with Gasteiger partial charge in [0.1, 0.15) is 15.8 Å². The van der Waals surface area contributed by atoms with E-state index >= 15 is 0 Å². The zero-order valence-electron chi connectivity index (χ0n) is 21.0. The molecular formula is C27H32F2N4O5S2. The minimum absolute atomic E-state index is 0. The molecule has 6 rings (SSSR count). The number of halogens is 2. The van der Waals surface area contributed by atoms with Gasteiger partial charge in [0.25, 0.3) is 17.7 Å². The first kappa shape index (κ1) is 29.8. The van der Waals surface area contributed by atoms with Gasteiger partial charge in [-0.1, -0.05) is 7.43 Å². The van der Waals surface area contributed by atoms with Crippen LogP contribution in [0, 0.1) is 11.8 Å². The zero-order valence-corrected chi connectivity index (χ0v) is 22.6. The van der Waals surface area contributed by atoms with Crippen molar-refractivity contribution in [3.8, 4) is 0 Å². The lowest BCUT2D eigenvalue weighted by molar-refractivity contribution is -0.119. The number of Topliss-reactive ketones (excluding diaryl/α,β-unsaturated/α-hetero) is 1. The van der Waals surface area contributed by atoms with Crippen LogP contribution in [0.4, 0.5) is 18.8 Å². The lowest BCUT2D eigenvalue weighted by atomic mass is 9.92. The molecule has 0 aromatic carbocycles. The summed E-state index contributed by atoms with van der Waals surface area (Å²) >= 11 is 2.37. The van der Waals surface area contributed by atoms with Gasteiger partial charge in [-0.3, -0.25) is 24.0 Å². The lowest BCUT2D eigenvalue weighted by Crippen LogP contribution is -2.26. The maximum atomic E-state index is 13.4. The third-order valence-corrected chi connectivity index (χ3v) is 9.51. The fourth-order valence-corrected chi connectivity index (χ4v) is 7.44. The molecular weight excluding hydrogens is 562 g/mol. The van der Waals surface area contributed by atoms with Crippen molar-refractivity contribution in [2.24, 2.45) is 23.3 Å². The van der Waals surface area contributed by atoms with Crippen LogP contribution in [0.5, 0.6) is 0 Å². The molecule has 13 heteroatoms. The van der Waals surface area contributed by atoms with E-state index in [1.807, 2.05) is 0 Å². The number of nitrogens with one attached hydrogen (secondary N) is 2. The molecule has 0 saturated heterocycles. The van der Waals surface area contributed by atoms with E-state index in [2.05, 4.69) is 10.6 Å². The number of anilines is 2. The molecule has 216 valence electrons.